The number of halogens is 1. The molecule has 4 nitrogen and oxygen atoms in total. The van der Waals surface area contributed by atoms with Crippen LogP contribution in [0.25, 0.3) is 0 Å². The van der Waals surface area contributed by atoms with Crippen molar-refractivity contribution in [3.05, 3.63) is 23.5 Å². The van der Waals surface area contributed by atoms with Gasteiger partial charge in [-0.3, -0.25) is 0 Å². The molecule has 0 aliphatic heterocycles. The second kappa shape index (κ2) is 5.47. The lowest BCUT2D eigenvalue weighted by Crippen LogP contribution is -2.25. The van der Waals surface area contributed by atoms with E-state index >= 15 is 0 Å². The molecule has 1 unspecified atom stereocenters. The minimum Gasteiger partial charge on any atom is -0.478 e. The lowest BCUT2D eigenvalue weighted by Gasteiger charge is -2.27. The van der Waals surface area contributed by atoms with Crippen molar-refractivity contribution in [1.82, 2.24) is 0 Å². The van der Waals surface area contributed by atoms with Gasteiger partial charge in [0.15, 0.2) is 0 Å². The van der Waals surface area contributed by atoms with Crippen molar-refractivity contribution in [3.8, 4) is 0 Å². The van der Waals surface area contributed by atoms with Gasteiger partial charge in [0.05, 0.1) is 11.3 Å². The molecule has 0 aliphatic carbocycles. The van der Waals surface area contributed by atoms with Gasteiger partial charge in [-0.2, -0.15) is 0 Å². The summed E-state index contributed by atoms with van der Waals surface area (Å²) in [4.78, 5) is 11.0. The van der Waals surface area contributed by atoms with E-state index in [0.717, 1.165) is 6.07 Å². The molecule has 0 heterocycles. The Morgan fingerprint density at radius 3 is 2.53 bits per heavy atom. The summed E-state index contributed by atoms with van der Waals surface area (Å²) in [6, 6.07) is 2.27. The number of nitrogens with one attached hydrogen (secondary N) is 1. The van der Waals surface area contributed by atoms with E-state index in [9.17, 15) is 9.18 Å². The van der Waals surface area contributed by atoms with Crippen LogP contribution in [-0.2, 0) is 0 Å². The number of hydrogen-bond donors (Lipinski definition) is 3. The van der Waals surface area contributed by atoms with Crippen LogP contribution >= 0.6 is 0 Å². The fourth-order valence-corrected chi connectivity index (χ4v) is 1.48. The number of nitrogens with two attached hydrogens (primary N) is 1. The number of benzene rings is 1. The van der Waals surface area contributed by atoms with E-state index in [2.05, 4.69) is 33.0 Å². The van der Waals surface area contributed by atoms with Gasteiger partial charge in [0.2, 0.25) is 0 Å². The fourth-order valence-electron chi connectivity index (χ4n) is 1.48. The first kappa shape index (κ1) is 15.3. The predicted molar refractivity (Wildman–Crippen MR) is 74.9 cm³/mol. The van der Waals surface area contributed by atoms with Crippen LogP contribution in [0.3, 0.4) is 0 Å². The molecule has 0 radical (unpaired) electrons. The first-order valence-electron chi connectivity index (χ1n) is 6.19. The summed E-state index contributed by atoms with van der Waals surface area (Å²) in [5.41, 5.74) is 5.57. The Labute approximate surface area is 112 Å². The van der Waals surface area contributed by atoms with Gasteiger partial charge in [-0.25, -0.2) is 9.18 Å². The average Bonchev–Trinajstić information content (AvgIpc) is 2.25. The highest BCUT2D eigenvalue weighted by Gasteiger charge is 2.20. The molecule has 0 amide bonds. The van der Waals surface area contributed by atoms with Crippen molar-refractivity contribution in [1.29, 1.82) is 0 Å². The van der Waals surface area contributed by atoms with Crippen LogP contribution in [0.2, 0.25) is 0 Å². The summed E-state index contributed by atoms with van der Waals surface area (Å²) in [5.74, 6) is -1.40. The summed E-state index contributed by atoms with van der Waals surface area (Å²) < 4.78 is 13.7. The van der Waals surface area contributed by atoms with Gasteiger partial charge in [0.25, 0.3) is 0 Å². The topological polar surface area (TPSA) is 75.3 Å². The van der Waals surface area contributed by atoms with Gasteiger partial charge in [-0.05, 0) is 23.5 Å². The molecule has 0 spiro atoms. The molecule has 5 heteroatoms. The van der Waals surface area contributed by atoms with Gasteiger partial charge in [0, 0.05) is 12.2 Å². The molecule has 0 aromatic heterocycles. The Morgan fingerprint density at radius 1 is 1.47 bits per heavy atom. The van der Waals surface area contributed by atoms with Crippen LogP contribution in [0, 0.1) is 17.2 Å². The number of carboxylic acids is 1. The largest absolute Gasteiger partial charge is 0.478 e. The minimum atomic E-state index is -1.16. The standard InChI is InChI=1S/C14H21FN2O2/c1-8(14(2,3)4)7-17-12-5-9(13(18)19)11(16)6-10(12)15/h5-6,8,17H,7,16H2,1-4H3,(H,18,19). The third kappa shape index (κ3) is 3.84. The second-order valence-corrected chi connectivity index (χ2v) is 5.87. The molecule has 0 saturated heterocycles. The molecule has 1 aromatic rings. The second-order valence-electron chi connectivity index (χ2n) is 5.87. The van der Waals surface area contributed by atoms with Gasteiger partial charge in [-0.1, -0.05) is 27.7 Å². The van der Waals surface area contributed by atoms with Crippen LogP contribution in [0.5, 0.6) is 0 Å². The van der Waals surface area contributed by atoms with Crippen molar-refractivity contribution in [3.63, 3.8) is 0 Å². The third-order valence-corrected chi connectivity index (χ3v) is 3.45. The zero-order chi connectivity index (χ0) is 14.8. The van der Waals surface area contributed by atoms with Crippen LogP contribution < -0.4 is 11.1 Å². The summed E-state index contributed by atoms with van der Waals surface area (Å²) >= 11 is 0. The summed E-state index contributed by atoms with van der Waals surface area (Å²) in [6.07, 6.45) is 0. The number of nitrogen functional groups attached to an aromatic ring is 1. The maximum atomic E-state index is 13.7. The summed E-state index contributed by atoms with van der Waals surface area (Å²) in [7, 11) is 0. The van der Waals surface area contributed by atoms with Gasteiger partial charge >= 0.3 is 5.97 Å². The molecular weight excluding hydrogens is 247 g/mol. The van der Waals surface area contributed by atoms with Crippen molar-refractivity contribution in [2.45, 2.75) is 27.7 Å². The van der Waals surface area contributed by atoms with E-state index in [-0.39, 0.29) is 22.4 Å². The van der Waals surface area contributed by atoms with Gasteiger partial charge in [0.1, 0.15) is 5.82 Å². The number of anilines is 2. The molecule has 0 saturated carbocycles. The predicted octanol–water partition coefficient (Wildman–Crippen LogP) is 3.20. The Kier molecular flexibility index (Phi) is 4.39. The molecule has 19 heavy (non-hydrogen) atoms. The molecular formula is C14H21FN2O2. The van der Waals surface area contributed by atoms with Crippen LogP contribution in [-0.4, -0.2) is 17.6 Å². The first-order valence-corrected chi connectivity index (χ1v) is 6.19. The molecule has 0 fully saturated rings. The highest BCUT2D eigenvalue weighted by molar-refractivity contribution is 5.94. The van der Waals surface area contributed by atoms with Crippen LogP contribution in [0.4, 0.5) is 15.8 Å². The van der Waals surface area contributed by atoms with E-state index in [1.807, 2.05) is 0 Å². The van der Waals surface area contributed by atoms with E-state index in [1.165, 1.54) is 6.07 Å². The highest BCUT2D eigenvalue weighted by atomic mass is 19.1. The van der Waals surface area contributed by atoms with Gasteiger partial charge in [-0.15, -0.1) is 0 Å². The first-order chi connectivity index (χ1) is 8.62. The lowest BCUT2D eigenvalue weighted by molar-refractivity contribution is 0.0698. The number of hydrogen-bond acceptors (Lipinski definition) is 3. The monoisotopic (exact) mass is 268 g/mol. The van der Waals surface area contributed by atoms with E-state index in [4.69, 9.17) is 10.8 Å². The van der Waals surface area contributed by atoms with Crippen molar-refractivity contribution in [2.24, 2.45) is 11.3 Å². The Bertz CT molecular complexity index is 481. The maximum absolute atomic E-state index is 13.7. The van der Waals surface area contributed by atoms with Crippen molar-refractivity contribution < 1.29 is 14.3 Å². The maximum Gasteiger partial charge on any atom is 0.337 e. The molecule has 1 atom stereocenters. The Balaban J connectivity index is 2.90. The quantitative estimate of drug-likeness (QED) is 0.733. The number of aromatic carboxylic acids is 1. The third-order valence-electron chi connectivity index (χ3n) is 3.45. The summed E-state index contributed by atoms with van der Waals surface area (Å²) in [5, 5.41) is 11.9. The highest BCUT2D eigenvalue weighted by Crippen LogP contribution is 2.27. The average molecular weight is 268 g/mol. The lowest BCUT2D eigenvalue weighted by atomic mass is 9.82. The van der Waals surface area contributed by atoms with Crippen molar-refractivity contribution in [2.75, 3.05) is 17.6 Å². The van der Waals surface area contributed by atoms with Gasteiger partial charge < -0.3 is 16.2 Å². The molecule has 0 bridgehead atoms. The zero-order valence-electron chi connectivity index (χ0n) is 11.7. The fraction of sp³-hybridized carbons (Fsp3) is 0.500. The number of rotatable bonds is 4. The zero-order valence-corrected chi connectivity index (χ0v) is 11.7. The minimum absolute atomic E-state index is 0.0700. The van der Waals surface area contributed by atoms with Crippen LogP contribution in [0.1, 0.15) is 38.1 Å². The SMILES string of the molecule is CC(CNc1cc(C(=O)O)c(N)cc1F)C(C)(C)C. The van der Waals surface area contributed by atoms with E-state index < -0.39 is 11.8 Å². The Morgan fingerprint density at radius 2 is 2.05 bits per heavy atom. The molecule has 1 aromatic carbocycles. The molecule has 1 rings (SSSR count). The molecule has 4 N–H and O–H groups in total. The summed E-state index contributed by atoms with van der Waals surface area (Å²) in [6.45, 7) is 8.91. The number of carboxylic acid groups (broad SMARTS) is 1. The normalized spacial score (nSPS) is 13.1. The smallest absolute Gasteiger partial charge is 0.337 e. The molecule has 106 valence electrons. The van der Waals surface area contributed by atoms with Crippen LogP contribution in [0.15, 0.2) is 12.1 Å². The Hall–Kier alpha value is -1.78. The molecule has 0 aliphatic rings. The number of carbonyl (C=O) groups is 1. The van der Waals surface area contributed by atoms with E-state index in [1.54, 1.807) is 0 Å². The van der Waals surface area contributed by atoms with Crippen molar-refractivity contribution >= 4 is 17.3 Å². The van der Waals surface area contributed by atoms with E-state index in [0.29, 0.717) is 12.5 Å².